The minimum atomic E-state index is -4.81. The van der Waals surface area contributed by atoms with Crippen molar-refractivity contribution in [1.29, 1.82) is 0 Å². The molecule has 0 aromatic heterocycles. The molecule has 0 radical (unpaired) electrons. The Labute approximate surface area is 232 Å². The van der Waals surface area contributed by atoms with Gasteiger partial charge in [0.2, 0.25) is 11.8 Å². The van der Waals surface area contributed by atoms with Gasteiger partial charge in [0.1, 0.15) is 6.04 Å². The van der Waals surface area contributed by atoms with Gasteiger partial charge in [0.15, 0.2) is 0 Å². The third kappa shape index (κ3) is 8.08. The maximum Gasteiger partial charge on any atom is 0.416 e. The van der Waals surface area contributed by atoms with Crippen molar-refractivity contribution in [1.82, 2.24) is 15.2 Å². The Hall–Kier alpha value is -2.36. The summed E-state index contributed by atoms with van der Waals surface area (Å²) in [5, 5.41) is 2.38. The Kier molecular flexibility index (Phi) is 10.3. The van der Waals surface area contributed by atoms with Gasteiger partial charge in [0.05, 0.1) is 12.1 Å². The number of carbonyl (C=O) groups is 2. The van der Waals surface area contributed by atoms with Crippen molar-refractivity contribution in [2.45, 2.75) is 37.0 Å². The molecule has 1 aliphatic carbocycles. The van der Waals surface area contributed by atoms with E-state index in [0.717, 1.165) is 18.2 Å². The Balaban J connectivity index is 2.08. The molecule has 0 saturated heterocycles. The van der Waals surface area contributed by atoms with Gasteiger partial charge < -0.3 is 9.87 Å². The number of rotatable bonds is 11. The lowest BCUT2D eigenvalue weighted by Crippen LogP contribution is -2.55. The fourth-order valence-corrected chi connectivity index (χ4v) is 4.85. The van der Waals surface area contributed by atoms with Crippen molar-refractivity contribution < 1.29 is 40.3 Å². The maximum atomic E-state index is 13.5. The number of hydrazine groups is 1. The van der Waals surface area contributed by atoms with Crippen molar-refractivity contribution in [2.24, 2.45) is 0 Å². The van der Waals surface area contributed by atoms with Crippen LogP contribution in [0.25, 0.3) is 0 Å². The molecule has 2 unspecified atom stereocenters. The van der Waals surface area contributed by atoms with Crippen LogP contribution in [0.4, 0.5) is 27.6 Å². The zero-order valence-corrected chi connectivity index (χ0v) is 22.2. The molecule has 1 saturated carbocycles. The molecule has 2 aromatic rings. The van der Waals surface area contributed by atoms with Crippen molar-refractivity contribution in [2.75, 3.05) is 23.9 Å². The van der Waals surface area contributed by atoms with E-state index in [0.29, 0.717) is 15.4 Å². The summed E-state index contributed by atoms with van der Waals surface area (Å²) in [6.45, 7) is -1.05. The topological polar surface area (TPSA) is 105 Å². The molecule has 2 amide bonds. The number of anilines is 1. The van der Waals surface area contributed by atoms with Gasteiger partial charge in [-0.25, -0.2) is 14.2 Å². The van der Waals surface area contributed by atoms with E-state index in [1.54, 1.807) is 0 Å². The Morgan fingerprint density at radius 3 is 2.38 bits per heavy atom. The lowest BCUT2D eigenvalue weighted by Gasteiger charge is -2.38. The molecule has 1 fully saturated rings. The number of nitrogens with zero attached hydrogens (tertiary/aromatic N) is 2. The molecular formula is C23H22Cl2F5N4O4S-. The number of hydrogen-bond donors (Lipinski definition) is 2. The summed E-state index contributed by atoms with van der Waals surface area (Å²) >= 11 is 9.01. The fraction of sp³-hybridized carbons (Fsp3) is 0.391. The normalized spacial score (nSPS) is 16.8. The number of alkyl halides is 6. The molecular weight excluding hydrogens is 594 g/mol. The average Bonchev–Trinajstić information content (AvgIpc) is 2.83. The van der Waals surface area contributed by atoms with Gasteiger partial charge in [-0.05, 0) is 24.3 Å². The first kappa shape index (κ1) is 31.2. The highest BCUT2D eigenvalue weighted by Gasteiger charge is 2.47. The largest absolute Gasteiger partial charge is 0.759 e. The number of halogens is 7. The second-order valence-electron chi connectivity index (χ2n) is 8.55. The summed E-state index contributed by atoms with van der Waals surface area (Å²) in [4.78, 5) is 27.7. The molecule has 39 heavy (non-hydrogen) atoms. The van der Waals surface area contributed by atoms with Crippen LogP contribution in [0, 0.1) is 0 Å². The van der Waals surface area contributed by atoms with Gasteiger partial charge in [-0.2, -0.15) is 17.6 Å². The van der Waals surface area contributed by atoms with Crippen molar-refractivity contribution in [3.63, 3.8) is 0 Å². The second-order valence-corrected chi connectivity index (χ2v) is 10.2. The SMILES string of the molecule is O=C(NC1CC(F)(F)C1)C(c1ccccc1Cl)N(C(=O)CNN(CCCl)S(=O)[O-])c1cccc(C(F)(F)F)c1. The molecule has 2 N–H and O–H groups in total. The number of hydrogen-bond acceptors (Lipinski definition) is 5. The van der Waals surface area contributed by atoms with Crippen LogP contribution in [-0.2, 0) is 27.0 Å². The summed E-state index contributed by atoms with van der Waals surface area (Å²) in [7, 11) is 0. The maximum absolute atomic E-state index is 13.5. The van der Waals surface area contributed by atoms with E-state index in [2.05, 4.69) is 10.7 Å². The van der Waals surface area contributed by atoms with E-state index >= 15 is 0 Å². The van der Waals surface area contributed by atoms with Crippen LogP contribution < -0.4 is 15.6 Å². The van der Waals surface area contributed by atoms with Crippen LogP contribution >= 0.6 is 23.2 Å². The molecule has 1 aliphatic rings. The summed E-state index contributed by atoms with van der Waals surface area (Å²) in [6, 6.07) is 6.62. The first-order chi connectivity index (χ1) is 18.2. The van der Waals surface area contributed by atoms with E-state index in [1.807, 2.05) is 0 Å². The Morgan fingerprint density at radius 1 is 1.15 bits per heavy atom. The Bertz CT molecular complexity index is 1220. The molecule has 8 nitrogen and oxygen atoms in total. The van der Waals surface area contributed by atoms with Gasteiger partial charge in [-0.3, -0.25) is 18.7 Å². The predicted octanol–water partition coefficient (Wildman–Crippen LogP) is 4.19. The van der Waals surface area contributed by atoms with Gasteiger partial charge in [0, 0.05) is 58.8 Å². The zero-order valence-electron chi connectivity index (χ0n) is 19.9. The standard InChI is InChI=1S/C23H23Cl2F5N4O4S/c24-8-9-33(39(37)38)31-13-19(35)34(16-5-3-4-14(10-16)23(28,29)30)20(17-6-1-2-7-18(17)25)21(36)32-15-11-22(26,27)12-15/h1-7,10,15,20,31H,8-9,11-13H2,(H,32,36)(H,37,38)/p-1. The monoisotopic (exact) mass is 615 g/mol. The van der Waals surface area contributed by atoms with Gasteiger partial charge in [0.25, 0.3) is 5.92 Å². The third-order valence-electron chi connectivity index (χ3n) is 5.74. The summed E-state index contributed by atoms with van der Waals surface area (Å²) in [5.74, 6) is -5.14. The van der Waals surface area contributed by atoms with Crippen LogP contribution in [0.2, 0.25) is 5.02 Å². The smallest absolute Gasteiger partial charge is 0.416 e. The molecule has 0 spiro atoms. The first-order valence-electron chi connectivity index (χ1n) is 11.3. The average molecular weight is 616 g/mol. The number of nitrogens with one attached hydrogen (secondary N) is 2. The van der Waals surface area contributed by atoms with E-state index in [-0.39, 0.29) is 28.7 Å². The highest BCUT2D eigenvalue weighted by atomic mass is 35.5. The summed E-state index contributed by atoms with van der Waals surface area (Å²) in [6.07, 6.45) is -6.12. The second kappa shape index (κ2) is 12.9. The third-order valence-corrected chi connectivity index (χ3v) is 6.92. The van der Waals surface area contributed by atoms with Crippen molar-refractivity contribution in [3.05, 3.63) is 64.7 Å². The molecule has 214 valence electrons. The molecule has 0 aliphatic heterocycles. The summed E-state index contributed by atoms with van der Waals surface area (Å²) in [5.41, 5.74) is 0.802. The molecule has 3 rings (SSSR count). The van der Waals surface area contributed by atoms with Crippen LogP contribution in [-0.4, -0.2) is 55.9 Å². The van der Waals surface area contributed by atoms with E-state index < -0.39 is 72.2 Å². The lowest BCUT2D eigenvalue weighted by atomic mass is 9.87. The predicted molar refractivity (Wildman–Crippen MR) is 134 cm³/mol. The number of amides is 2. The molecule has 16 heteroatoms. The van der Waals surface area contributed by atoms with Crippen LogP contribution in [0.3, 0.4) is 0 Å². The molecule has 0 bridgehead atoms. The number of benzene rings is 2. The van der Waals surface area contributed by atoms with Crippen molar-refractivity contribution >= 4 is 52.0 Å². The molecule has 2 aromatic carbocycles. The fourth-order valence-electron chi connectivity index (χ4n) is 3.93. The van der Waals surface area contributed by atoms with Crippen LogP contribution in [0.5, 0.6) is 0 Å². The van der Waals surface area contributed by atoms with E-state index in [9.17, 15) is 40.3 Å². The minimum absolute atomic E-state index is 0.00136. The molecule has 2 atom stereocenters. The minimum Gasteiger partial charge on any atom is -0.759 e. The van der Waals surface area contributed by atoms with Gasteiger partial charge in [-0.1, -0.05) is 35.9 Å². The van der Waals surface area contributed by atoms with Gasteiger partial charge >= 0.3 is 6.18 Å². The summed E-state index contributed by atoms with van der Waals surface area (Å²) < 4.78 is 90.9. The Morgan fingerprint density at radius 2 is 1.82 bits per heavy atom. The highest BCUT2D eigenvalue weighted by Crippen LogP contribution is 2.39. The zero-order chi connectivity index (χ0) is 29.0. The van der Waals surface area contributed by atoms with Crippen LogP contribution in [0.15, 0.2) is 48.5 Å². The lowest BCUT2D eigenvalue weighted by molar-refractivity contribution is -0.137. The van der Waals surface area contributed by atoms with E-state index in [1.165, 1.54) is 24.3 Å². The first-order valence-corrected chi connectivity index (χ1v) is 13.3. The highest BCUT2D eigenvalue weighted by molar-refractivity contribution is 7.76. The van der Waals surface area contributed by atoms with Crippen LogP contribution in [0.1, 0.15) is 30.0 Å². The molecule has 0 heterocycles. The number of carbonyl (C=O) groups excluding carboxylic acids is 2. The van der Waals surface area contributed by atoms with E-state index in [4.69, 9.17) is 23.2 Å². The van der Waals surface area contributed by atoms with Crippen molar-refractivity contribution in [3.8, 4) is 0 Å². The quantitative estimate of drug-likeness (QED) is 0.171. The van der Waals surface area contributed by atoms with Gasteiger partial charge in [-0.15, -0.1) is 11.6 Å².